The molecule has 7 nitrogen and oxygen atoms in total. The summed E-state index contributed by atoms with van der Waals surface area (Å²) in [6.45, 7) is 16.7. The molecule has 2 atom stereocenters. The molecular weight excluding hydrogens is 532 g/mol. The highest BCUT2D eigenvalue weighted by molar-refractivity contribution is 8.02. The van der Waals surface area contributed by atoms with E-state index in [1.165, 1.54) is 11.1 Å². The highest BCUT2D eigenvalue weighted by Gasteiger charge is 2.36. The molecule has 39 heavy (non-hydrogen) atoms. The van der Waals surface area contributed by atoms with E-state index in [-0.39, 0.29) is 39.8 Å². The first-order valence-electron chi connectivity index (χ1n) is 13.7. The van der Waals surface area contributed by atoms with E-state index in [1.807, 2.05) is 11.8 Å². The predicted molar refractivity (Wildman–Crippen MR) is 159 cm³/mol. The molecule has 4 rings (SSSR count). The van der Waals surface area contributed by atoms with Crippen LogP contribution >= 0.6 is 23.4 Å². The third-order valence-electron chi connectivity index (χ3n) is 7.65. The molecule has 2 unspecified atom stereocenters. The van der Waals surface area contributed by atoms with Gasteiger partial charge in [0.05, 0.1) is 17.8 Å². The van der Waals surface area contributed by atoms with Crippen LogP contribution in [0, 0.1) is 12.8 Å². The Balaban J connectivity index is 1.43. The third-order valence-corrected chi connectivity index (χ3v) is 9.39. The number of carboxylic acids is 1. The summed E-state index contributed by atoms with van der Waals surface area (Å²) in [6.07, 6.45) is 1.61. The lowest BCUT2D eigenvalue weighted by Gasteiger charge is -2.33. The van der Waals surface area contributed by atoms with E-state index in [9.17, 15) is 9.59 Å². The number of aromatic nitrogens is 2. The number of thioether (sulfide) groups is 1. The summed E-state index contributed by atoms with van der Waals surface area (Å²) in [5, 5.41) is 13.4. The molecule has 212 valence electrons. The van der Waals surface area contributed by atoms with E-state index in [4.69, 9.17) is 21.7 Å². The van der Waals surface area contributed by atoms with Crippen molar-refractivity contribution in [1.82, 2.24) is 14.7 Å². The number of carbonyl (C=O) groups excluding carboxylic acids is 1. The lowest BCUT2D eigenvalue weighted by Crippen LogP contribution is -2.42. The standard InChI is InChI=1S/C30H41ClN4O3S/c1-18-12-23(16-25(37)38)33-35(18)17-24(36)34-10-8-19(9-11-34)28-32-26(27(31)39-28)20-13-21(29(2,3)4)15-22(14-20)30(5,6)7/h12-15,19,27-28H,8-11,16-17H2,1-7H3,(H,37,38). The molecule has 0 saturated carbocycles. The average molecular weight is 573 g/mol. The number of halogens is 1. The molecule has 9 heteroatoms. The number of hydrogen-bond donors (Lipinski definition) is 1. The van der Waals surface area contributed by atoms with Gasteiger partial charge in [-0.05, 0) is 71.4 Å². The van der Waals surface area contributed by atoms with E-state index in [1.54, 1.807) is 22.5 Å². The van der Waals surface area contributed by atoms with Crippen LogP contribution in [0.1, 0.15) is 82.5 Å². The first-order chi connectivity index (χ1) is 18.1. The summed E-state index contributed by atoms with van der Waals surface area (Å²) in [6, 6.07) is 8.56. The number of hydrogen-bond acceptors (Lipinski definition) is 5. The molecule has 0 aliphatic carbocycles. The highest BCUT2D eigenvalue weighted by Crippen LogP contribution is 2.41. The van der Waals surface area contributed by atoms with Crippen molar-refractivity contribution in [1.29, 1.82) is 0 Å². The van der Waals surface area contributed by atoms with Crippen molar-refractivity contribution < 1.29 is 14.7 Å². The van der Waals surface area contributed by atoms with Crippen LogP contribution in [0.25, 0.3) is 0 Å². The zero-order valence-corrected chi connectivity index (χ0v) is 25.7. The topological polar surface area (TPSA) is 87.8 Å². The van der Waals surface area contributed by atoms with E-state index in [0.717, 1.165) is 29.8 Å². The van der Waals surface area contributed by atoms with Gasteiger partial charge < -0.3 is 10.0 Å². The summed E-state index contributed by atoms with van der Waals surface area (Å²) >= 11 is 8.62. The Morgan fingerprint density at radius 2 is 1.62 bits per heavy atom. The summed E-state index contributed by atoms with van der Waals surface area (Å²) < 4.78 is 1.41. The number of carbonyl (C=O) groups is 2. The van der Waals surface area contributed by atoms with Gasteiger partial charge in [0.1, 0.15) is 16.6 Å². The molecule has 1 fully saturated rings. The van der Waals surface area contributed by atoms with Crippen LogP contribution in [0.4, 0.5) is 0 Å². The van der Waals surface area contributed by atoms with Gasteiger partial charge in [0, 0.05) is 18.8 Å². The Bertz CT molecular complexity index is 1230. The second kappa shape index (κ2) is 11.3. The van der Waals surface area contributed by atoms with Crippen molar-refractivity contribution >= 4 is 41.0 Å². The SMILES string of the molecule is Cc1cc(CC(=O)O)nn1CC(=O)N1CCC(C2N=C(c3cc(C(C)(C)C)cc(C(C)(C)C)c3)C(Cl)S2)CC1. The number of aryl methyl sites for hydroxylation is 1. The molecule has 0 radical (unpaired) electrons. The van der Waals surface area contributed by atoms with Gasteiger partial charge in [-0.2, -0.15) is 5.10 Å². The maximum atomic E-state index is 13.0. The van der Waals surface area contributed by atoms with Gasteiger partial charge in [0.2, 0.25) is 5.91 Å². The molecular formula is C30H41ClN4O3S. The van der Waals surface area contributed by atoms with Crippen molar-refractivity contribution in [2.75, 3.05) is 13.1 Å². The lowest BCUT2D eigenvalue weighted by atomic mass is 9.79. The van der Waals surface area contributed by atoms with E-state index >= 15 is 0 Å². The van der Waals surface area contributed by atoms with Crippen LogP contribution in [0.2, 0.25) is 0 Å². The Morgan fingerprint density at radius 3 is 2.15 bits per heavy atom. The first kappa shape index (κ1) is 29.7. The highest BCUT2D eigenvalue weighted by atomic mass is 35.5. The van der Waals surface area contributed by atoms with Crippen molar-refractivity contribution in [3.05, 3.63) is 52.3 Å². The van der Waals surface area contributed by atoms with Crippen LogP contribution in [0.15, 0.2) is 29.3 Å². The molecule has 2 aromatic rings. The minimum atomic E-state index is -0.931. The average Bonchev–Trinajstić information content (AvgIpc) is 3.39. The molecule has 1 amide bonds. The smallest absolute Gasteiger partial charge is 0.309 e. The summed E-state index contributed by atoms with van der Waals surface area (Å²) in [4.78, 5) is 31.0. The molecule has 1 aromatic heterocycles. The maximum Gasteiger partial charge on any atom is 0.309 e. The number of benzene rings is 1. The Hall–Kier alpha value is -2.32. The normalized spacial score (nSPS) is 20.8. The molecule has 3 heterocycles. The molecule has 2 aliphatic rings. The van der Waals surface area contributed by atoms with Gasteiger partial charge in [0.25, 0.3) is 0 Å². The number of carboxylic acid groups (broad SMARTS) is 1. The molecule has 2 aliphatic heterocycles. The molecule has 1 aromatic carbocycles. The number of aliphatic imine (C=N–C) groups is 1. The Morgan fingerprint density at radius 1 is 1.03 bits per heavy atom. The number of likely N-dealkylation sites (tertiary alicyclic amines) is 1. The van der Waals surface area contributed by atoms with Gasteiger partial charge in [0.15, 0.2) is 0 Å². The van der Waals surface area contributed by atoms with Gasteiger partial charge in [-0.15, -0.1) is 23.4 Å². The van der Waals surface area contributed by atoms with Crippen molar-refractivity contribution in [3.8, 4) is 0 Å². The van der Waals surface area contributed by atoms with E-state index in [0.29, 0.717) is 24.7 Å². The van der Waals surface area contributed by atoms with Crippen LogP contribution in [0.5, 0.6) is 0 Å². The number of rotatable bonds is 6. The fourth-order valence-corrected chi connectivity index (χ4v) is 6.86. The molecule has 1 saturated heterocycles. The minimum Gasteiger partial charge on any atom is -0.481 e. The maximum absolute atomic E-state index is 13.0. The van der Waals surface area contributed by atoms with E-state index < -0.39 is 5.97 Å². The molecule has 0 spiro atoms. The van der Waals surface area contributed by atoms with Gasteiger partial charge in [-0.1, -0.05) is 47.6 Å². The van der Waals surface area contributed by atoms with Crippen molar-refractivity contribution in [2.24, 2.45) is 10.9 Å². The van der Waals surface area contributed by atoms with Crippen LogP contribution < -0.4 is 0 Å². The number of nitrogens with zero attached hydrogens (tertiary/aromatic N) is 4. The fourth-order valence-electron chi connectivity index (χ4n) is 5.12. The number of aliphatic carboxylic acids is 1. The number of alkyl halides is 1. The van der Waals surface area contributed by atoms with Gasteiger partial charge in [-0.3, -0.25) is 19.3 Å². The second-order valence-corrected chi connectivity index (χ2v) is 14.8. The first-order valence-corrected chi connectivity index (χ1v) is 15.1. The Kier molecular flexibility index (Phi) is 8.58. The summed E-state index contributed by atoms with van der Waals surface area (Å²) in [7, 11) is 0. The van der Waals surface area contributed by atoms with Crippen molar-refractivity contribution in [3.63, 3.8) is 0 Å². The van der Waals surface area contributed by atoms with Crippen LogP contribution in [-0.2, 0) is 33.4 Å². The third kappa shape index (κ3) is 7.07. The molecule has 1 N–H and O–H groups in total. The van der Waals surface area contributed by atoms with Gasteiger partial charge >= 0.3 is 5.97 Å². The summed E-state index contributed by atoms with van der Waals surface area (Å²) in [5.74, 6) is -0.563. The number of amides is 1. The predicted octanol–water partition coefficient (Wildman–Crippen LogP) is 5.78. The summed E-state index contributed by atoms with van der Waals surface area (Å²) in [5.41, 5.74) is 5.97. The largest absolute Gasteiger partial charge is 0.481 e. The zero-order valence-electron chi connectivity index (χ0n) is 24.1. The molecule has 0 bridgehead atoms. The quantitative estimate of drug-likeness (QED) is 0.443. The monoisotopic (exact) mass is 572 g/mol. The minimum absolute atomic E-state index is 0.00807. The van der Waals surface area contributed by atoms with E-state index in [2.05, 4.69) is 64.8 Å². The lowest BCUT2D eigenvalue weighted by molar-refractivity contribution is -0.136. The van der Waals surface area contributed by atoms with Gasteiger partial charge in [-0.25, -0.2) is 0 Å². The Labute approximate surface area is 241 Å². The second-order valence-electron chi connectivity index (χ2n) is 12.9. The van der Waals surface area contributed by atoms with Crippen LogP contribution in [0.3, 0.4) is 0 Å². The fraction of sp³-hybridized carbons (Fsp3) is 0.600. The zero-order chi connectivity index (χ0) is 28.7. The van der Waals surface area contributed by atoms with Crippen LogP contribution in [-0.4, -0.2) is 60.5 Å². The van der Waals surface area contributed by atoms with Crippen molar-refractivity contribution in [2.45, 2.75) is 95.2 Å². The number of piperidine rings is 1.